The Bertz CT molecular complexity index is 634. The molecule has 0 heterocycles. The van der Waals surface area contributed by atoms with Gasteiger partial charge in [-0.3, -0.25) is 0 Å². The molecule has 0 amide bonds. The summed E-state index contributed by atoms with van der Waals surface area (Å²) in [5.74, 6) is -0.0693. The molecule has 21 heavy (non-hydrogen) atoms. The Hall–Kier alpha value is -1.46. The van der Waals surface area contributed by atoms with Crippen LogP contribution in [0.25, 0.3) is 0 Å². The molecule has 5 heteroatoms. The van der Waals surface area contributed by atoms with E-state index < -0.39 is 5.82 Å². The zero-order valence-electron chi connectivity index (χ0n) is 11.8. The third-order valence-electron chi connectivity index (χ3n) is 3.08. The molecule has 0 aliphatic rings. The van der Waals surface area contributed by atoms with Crippen molar-refractivity contribution < 1.29 is 13.5 Å². The molecule has 0 aromatic heterocycles. The SMILES string of the molecule is CCNC(C)c1c(F)cccc1Oc1ccc(Br)c(F)c1. The van der Waals surface area contributed by atoms with Crippen molar-refractivity contribution in [2.75, 3.05) is 6.54 Å². The van der Waals surface area contributed by atoms with Crippen LogP contribution in [-0.2, 0) is 0 Å². The topological polar surface area (TPSA) is 21.3 Å². The third-order valence-corrected chi connectivity index (χ3v) is 3.72. The van der Waals surface area contributed by atoms with Crippen molar-refractivity contribution in [3.8, 4) is 11.5 Å². The van der Waals surface area contributed by atoms with E-state index >= 15 is 0 Å². The van der Waals surface area contributed by atoms with Gasteiger partial charge in [0.25, 0.3) is 0 Å². The third kappa shape index (κ3) is 3.80. The van der Waals surface area contributed by atoms with Crippen molar-refractivity contribution in [3.63, 3.8) is 0 Å². The first-order valence-corrected chi connectivity index (χ1v) is 7.47. The monoisotopic (exact) mass is 355 g/mol. The van der Waals surface area contributed by atoms with Crippen LogP contribution in [-0.4, -0.2) is 6.54 Å². The quantitative estimate of drug-likeness (QED) is 0.796. The highest BCUT2D eigenvalue weighted by Gasteiger charge is 2.17. The van der Waals surface area contributed by atoms with E-state index in [1.54, 1.807) is 24.3 Å². The molecular weight excluding hydrogens is 340 g/mol. The van der Waals surface area contributed by atoms with E-state index in [-0.39, 0.29) is 11.9 Å². The molecule has 1 atom stereocenters. The highest BCUT2D eigenvalue weighted by atomic mass is 79.9. The molecule has 112 valence electrons. The van der Waals surface area contributed by atoms with Gasteiger partial charge in [-0.2, -0.15) is 0 Å². The Balaban J connectivity index is 2.35. The molecule has 1 N–H and O–H groups in total. The number of ether oxygens (including phenoxy) is 1. The van der Waals surface area contributed by atoms with Gasteiger partial charge in [-0.05, 0) is 53.7 Å². The standard InChI is InChI=1S/C16H16BrF2NO/c1-3-20-10(2)16-13(18)5-4-6-15(16)21-11-7-8-12(17)14(19)9-11/h4-10,20H,3H2,1-2H3. The van der Waals surface area contributed by atoms with E-state index in [1.165, 1.54) is 12.1 Å². The van der Waals surface area contributed by atoms with E-state index in [0.29, 0.717) is 28.1 Å². The Labute approximate surface area is 131 Å². The van der Waals surface area contributed by atoms with E-state index in [1.807, 2.05) is 13.8 Å². The second kappa shape index (κ2) is 7.00. The second-order valence-corrected chi connectivity index (χ2v) is 5.46. The molecule has 0 fully saturated rings. The van der Waals surface area contributed by atoms with Crippen molar-refractivity contribution in [2.45, 2.75) is 19.9 Å². The van der Waals surface area contributed by atoms with Gasteiger partial charge in [0.15, 0.2) is 0 Å². The maximum Gasteiger partial charge on any atom is 0.141 e. The summed E-state index contributed by atoms with van der Waals surface area (Å²) in [6.07, 6.45) is 0. The summed E-state index contributed by atoms with van der Waals surface area (Å²) in [6.45, 7) is 4.51. The normalized spacial score (nSPS) is 12.2. The summed E-state index contributed by atoms with van der Waals surface area (Å²) in [5.41, 5.74) is 0.433. The summed E-state index contributed by atoms with van der Waals surface area (Å²) in [6, 6.07) is 8.87. The summed E-state index contributed by atoms with van der Waals surface area (Å²) in [7, 11) is 0. The zero-order valence-corrected chi connectivity index (χ0v) is 13.4. The zero-order chi connectivity index (χ0) is 15.4. The Morgan fingerprint density at radius 3 is 2.62 bits per heavy atom. The summed E-state index contributed by atoms with van der Waals surface area (Å²) in [4.78, 5) is 0. The highest BCUT2D eigenvalue weighted by molar-refractivity contribution is 9.10. The first-order valence-electron chi connectivity index (χ1n) is 6.67. The average Bonchev–Trinajstić information content (AvgIpc) is 2.43. The van der Waals surface area contributed by atoms with Gasteiger partial charge in [-0.15, -0.1) is 0 Å². The van der Waals surface area contributed by atoms with Crippen molar-refractivity contribution in [3.05, 3.63) is 58.1 Å². The lowest BCUT2D eigenvalue weighted by Gasteiger charge is -2.18. The minimum absolute atomic E-state index is 0.202. The predicted molar refractivity (Wildman–Crippen MR) is 82.7 cm³/mol. The lowest BCUT2D eigenvalue weighted by molar-refractivity contribution is 0.444. The highest BCUT2D eigenvalue weighted by Crippen LogP contribution is 2.32. The first-order chi connectivity index (χ1) is 10.0. The fourth-order valence-electron chi connectivity index (χ4n) is 2.10. The van der Waals surface area contributed by atoms with Crippen molar-refractivity contribution in [2.24, 2.45) is 0 Å². The molecule has 0 aliphatic carbocycles. The van der Waals surface area contributed by atoms with Crippen molar-refractivity contribution in [1.82, 2.24) is 5.32 Å². The fourth-order valence-corrected chi connectivity index (χ4v) is 2.35. The predicted octanol–water partition coefficient (Wildman–Crippen LogP) is 5.19. The van der Waals surface area contributed by atoms with Crippen LogP contribution in [0.5, 0.6) is 11.5 Å². The lowest BCUT2D eigenvalue weighted by atomic mass is 10.1. The molecule has 0 spiro atoms. The molecule has 0 bridgehead atoms. The van der Waals surface area contributed by atoms with Gasteiger partial charge in [0.1, 0.15) is 23.1 Å². The molecule has 1 unspecified atom stereocenters. The summed E-state index contributed by atoms with van der Waals surface area (Å²) < 4.78 is 33.6. The molecule has 2 aromatic carbocycles. The second-order valence-electron chi connectivity index (χ2n) is 4.61. The first kappa shape index (κ1) is 15.9. The van der Waals surface area contributed by atoms with Crippen LogP contribution in [0.3, 0.4) is 0 Å². The van der Waals surface area contributed by atoms with Crippen molar-refractivity contribution >= 4 is 15.9 Å². The van der Waals surface area contributed by atoms with Crippen LogP contribution in [0.1, 0.15) is 25.5 Å². The number of rotatable bonds is 5. The molecule has 0 aliphatic heterocycles. The van der Waals surface area contributed by atoms with Gasteiger partial charge in [0, 0.05) is 17.7 Å². The number of nitrogens with one attached hydrogen (secondary N) is 1. The number of benzene rings is 2. The van der Waals surface area contributed by atoms with Crippen LogP contribution in [0.15, 0.2) is 40.9 Å². The molecule has 0 saturated heterocycles. The summed E-state index contributed by atoms with van der Waals surface area (Å²) >= 11 is 3.08. The van der Waals surface area contributed by atoms with Crippen LogP contribution in [0.4, 0.5) is 8.78 Å². The van der Waals surface area contributed by atoms with E-state index in [2.05, 4.69) is 21.2 Å². The molecular formula is C16H16BrF2NO. The molecule has 2 aromatic rings. The fraction of sp³-hybridized carbons (Fsp3) is 0.250. The summed E-state index contributed by atoms with van der Waals surface area (Å²) in [5, 5.41) is 3.15. The Morgan fingerprint density at radius 1 is 1.19 bits per heavy atom. The number of hydrogen-bond donors (Lipinski definition) is 1. The largest absolute Gasteiger partial charge is 0.457 e. The number of halogens is 3. The van der Waals surface area contributed by atoms with Crippen LogP contribution >= 0.6 is 15.9 Å². The van der Waals surface area contributed by atoms with Gasteiger partial charge >= 0.3 is 0 Å². The smallest absolute Gasteiger partial charge is 0.141 e. The molecule has 2 nitrogen and oxygen atoms in total. The van der Waals surface area contributed by atoms with Gasteiger partial charge < -0.3 is 10.1 Å². The van der Waals surface area contributed by atoms with Crippen LogP contribution in [0, 0.1) is 11.6 Å². The van der Waals surface area contributed by atoms with Crippen molar-refractivity contribution in [1.29, 1.82) is 0 Å². The molecule has 0 radical (unpaired) electrons. The van der Waals surface area contributed by atoms with Gasteiger partial charge in [-0.1, -0.05) is 13.0 Å². The maximum absolute atomic E-state index is 14.1. The lowest BCUT2D eigenvalue weighted by Crippen LogP contribution is -2.19. The van der Waals surface area contributed by atoms with Gasteiger partial charge in [-0.25, -0.2) is 8.78 Å². The van der Waals surface area contributed by atoms with Gasteiger partial charge in [0.2, 0.25) is 0 Å². The van der Waals surface area contributed by atoms with Crippen LogP contribution < -0.4 is 10.1 Å². The van der Waals surface area contributed by atoms with E-state index in [9.17, 15) is 8.78 Å². The van der Waals surface area contributed by atoms with E-state index in [0.717, 1.165) is 0 Å². The minimum Gasteiger partial charge on any atom is -0.457 e. The van der Waals surface area contributed by atoms with Gasteiger partial charge in [0.05, 0.1) is 4.47 Å². The Kier molecular flexibility index (Phi) is 5.31. The molecule has 2 rings (SSSR count). The maximum atomic E-state index is 14.1. The van der Waals surface area contributed by atoms with E-state index in [4.69, 9.17) is 4.74 Å². The van der Waals surface area contributed by atoms with Crippen LogP contribution in [0.2, 0.25) is 0 Å². The molecule has 0 saturated carbocycles. The number of hydrogen-bond acceptors (Lipinski definition) is 2. The minimum atomic E-state index is -0.426. The Morgan fingerprint density at radius 2 is 1.95 bits per heavy atom. The average molecular weight is 356 g/mol.